The number of carbonyl (C=O) groups excluding carboxylic acids is 1. The van der Waals surface area contributed by atoms with Crippen LogP contribution in [0.4, 0.5) is 0 Å². The molecule has 6 heteroatoms. The lowest BCUT2D eigenvalue weighted by atomic mass is 10.1. The van der Waals surface area contributed by atoms with Crippen LogP contribution >= 0.6 is 0 Å². The van der Waals surface area contributed by atoms with E-state index in [1.54, 1.807) is 23.2 Å². The number of amides is 1. The topological polar surface area (TPSA) is 68.5 Å². The zero-order chi connectivity index (χ0) is 12.4. The molecule has 3 rings (SSSR count). The first-order chi connectivity index (χ1) is 8.83. The van der Waals surface area contributed by atoms with Crippen molar-refractivity contribution < 1.29 is 14.1 Å². The summed E-state index contributed by atoms with van der Waals surface area (Å²) in [5.74, 6) is 0.675. The molecule has 0 N–H and O–H groups in total. The zero-order valence-corrected chi connectivity index (χ0v) is 9.52. The van der Waals surface area contributed by atoms with Gasteiger partial charge in [-0.25, -0.2) is 4.98 Å². The molecule has 0 aromatic carbocycles. The molecule has 0 aliphatic carbocycles. The van der Waals surface area contributed by atoms with Crippen LogP contribution in [0.25, 0.3) is 0 Å². The van der Waals surface area contributed by atoms with Gasteiger partial charge in [0.1, 0.15) is 6.10 Å². The van der Waals surface area contributed by atoms with Gasteiger partial charge in [-0.1, -0.05) is 11.2 Å². The SMILES string of the molecule is O=C(c1ccno1)N1CC(Oc2ccccn2)C1. The van der Waals surface area contributed by atoms with Gasteiger partial charge in [-0.15, -0.1) is 0 Å². The molecule has 0 bridgehead atoms. The number of nitrogens with zero attached hydrogens (tertiary/aromatic N) is 3. The van der Waals surface area contributed by atoms with Crippen LogP contribution in [0.1, 0.15) is 10.6 Å². The molecule has 1 aliphatic rings. The van der Waals surface area contributed by atoms with E-state index in [9.17, 15) is 4.79 Å². The summed E-state index contributed by atoms with van der Waals surface area (Å²) in [6, 6.07) is 7.03. The van der Waals surface area contributed by atoms with E-state index in [1.165, 1.54) is 6.20 Å². The van der Waals surface area contributed by atoms with Crippen molar-refractivity contribution in [3.63, 3.8) is 0 Å². The van der Waals surface area contributed by atoms with Crippen molar-refractivity contribution in [1.29, 1.82) is 0 Å². The maximum Gasteiger partial charge on any atom is 0.292 e. The van der Waals surface area contributed by atoms with E-state index < -0.39 is 0 Å². The summed E-state index contributed by atoms with van der Waals surface area (Å²) in [4.78, 5) is 17.5. The van der Waals surface area contributed by atoms with Crippen molar-refractivity contribution in [2.45, 2.75) is 6.10 Å². The van der Waals surface area contributed by atoms with Gasteiger partial charge in [0.25, 0.3) is 5.91 Å². The van der Waals surface area contributed by atoms with Crippen LogP contribution < -0.4 is 4.74 Å². The lowest BCUT2D eigenvalue weighted by molar-refractivity contribution is 0.0132. The van der Waals surface area contributed by atoms with E-state index in [4.69, 9.17) is 9.26 Å². The molecule has 1 amide bonds. The van der Waals surface area contributed by atoms with Gasteiger partial charge in [0.2, 0.25) is 11.6 Å². The minimum Gasteiger partial charge on any atom is -0.471 e. The Morgan fingerprint density at radius 3 is 2.89 bits per heavy atom. The Balaban J connectivity index is 1.53. The number of carbonyl (C=O) groups is 1. The Labute approximate surface area is 103 Å². The summed E-state index contributed by atoms with van der Waals surface area (Å²) in [6.07, 6.45) is 3.12. The van der Waals surface area contributed by atoms with E-state index in [1.807, 2.05) is 12.1 Å². The van der Waals surface area contributed by atoms with Crippen molar-refractivity contribution in [1.82, 2.24) is 15.0 Å². The van der Waals surface area contributed by atoms with Crippen molar-refractivity contribution >= 4 is 5.91 Å². The van der Waals surface area contributed by atoms with E-state index >= 15 is 0 Å². The predicted octanol–water partition coefficient (Wildman–Crippen LogP) is 0.973. The molecule has 6 nitrogen and oxygen atoms in total. The number of ether oxygens (including phenoxy) is 1. The van der Waals surface area contributed by atoms with Crippen molar-refractivity contribution in [3.05, 3.63) is 42.4 Å². The van der Waals surface area contributed by atoms with E-state index in [0.29, 0.717) is 19.0 Å². The molecule has 2 aromatic heterocycles. The van der Waals surface area contributed by atoms with Gasteiger partial charge in [0.05, 0.1) is 19.3 Å². The highest BCUT2D eigenvalue weighted by atomic mass is 16.5. The molecule has 3 heterocycles. The lowest BCUT2D eigenvalue weighted by Crippen LogP contribution is -2.56. The van der Waals surface area contributed by atoms with E-state index in [2.05, 4.69) is 10.1 Å². The molecule has 2 aromatic rings. The first-order valence-electron chi connectivity index (χ1n) is 5.60. The fraction of sp³-hybridized carbons (Fsp3) is 0.250. The lowest BCUT2D eigenvalue weighted by Gasteiger charge is -2.37. The standard InChI is InChI=1S/C12H11N3O3/c16-12(10-4-6-14-18-10)15-7-9(8-15)17-11-3-1-2-5-13-11/h1-6,9H,7-8H2. The normalized spacial score (nSPS) is 15.2. The third kappa shape index (κ3) is 2.04. The quantitative estimate of drug-likeness (QED) is 0.806. The monoisotopic (exact) mass is 245 g/mol. The summed E-state index contributed by atoms with van der Waals surface area (Å²) in [5.41, 5.74) is 0. The number of aromatic nitrogens is 2. The van der Waals surface area contributed by atoms with Gasteiger partial charge in [-0.2, -0.15) is 0 Å². The number of hydrogen-bond donors (Lipinski definition) is 0. The fourth-order valence-electron chi connectivity index (χ4n) is 1.75. The van der Waals surface area contributed by atoms with Gasteiger partial charge in [-0.3, -0.25) is 4.79 Å². The highest BCUT2D eigenvalue weighted by molar-refractivity contribution is 5.91. The van der Waals surface area contributed by atoms with Crippen molar-refractivity contribution in [2.75, 3.05) is 13.1 Å². The molecule has 1 fully saturated rings. The first kappa shape index (κ1) is 10.8. The third-order valence-electron chi connectivity index (χ3n) is 2.71. The summed E-state index contributed by atoms with van der Waals surface area (Å²) in [6.45, 7) is 1.08. The maximum atomic E-state index is 11.8. The van der Waals surface area contributed by atoms with Crippen LogP contribution in [0.3, 0.4) is 0 Å². The largest absolute Gasteiger partial charge is 0.471 e. The molecule has 92 valence electrons. The minimum atomic E-state index is -0.159. The van der Waals surface area contributed by atoms with Crippen molar-refractivity contribution in [2.24, 2.45) is 0 Å². The first-order valence-corrected chi connectivity index (χ1v) is 5.60. The fourth-order valence-corrected chi connectivity index (χ4v) is 1.75. The summed E-state index contributed by atoms with van der Waals surface area (Å²) >= 11 is 0. The highest BCUT2D eigenvalue weighted by Gasteiger charge is 2.34. The molecule has 0 radical (unpaired) electrons. The predicted molar refractivity (Wildman–Crippen MR) is 61.1 cm³/mol. The molecule has 0 spiro atoms. The second-order valence-electron chi connectivity index (χ2n) is 3.99. The molecule has 0 saturated carbocycles. The van der Waals surface area contributed by atoms with E-state index in [-0.39, 0.29) is 17.8 Å². The van der Waals surface area contributed by atoms with Gasteiger partial charge >= 0.3 is 0 Å². The van der Waals surface area contributed by atoms with Gasteiger partial charge in [-0.05, 0) is 6.07 Å². The van der Waals surface area contributed by atoms with Crippen LogP contribution in [-0.4, -0.2) is 40.1 Å². The van der Waals surface area contributed by atoms with Gasteiger partial charge in [0.15, 0.2) is 0 Å². The maximum absolute atomic E-state index is 11.8. The molecule has 1 saturated heterocycles. The number of likely N-dealkylation sites (tertiary alicyclic amines) is 1. The van der Waals surface area contributed by atoms with Crippen LogP contribution in [0.2, 0.25) is 0 Å². The molecular formula is C12H11N3O3. The average molecular weight is 245 g/mol. The average Bonchev–Trinajstić information content (AvgIpc) is 2.87. The Hall–Kier alpha value is -2.37. The Kier molecular flexibility index (Phi) is 2.68. The van der Waals surface area contributed by atoms with E-state index in [0.717, 1.165) is 0 Å². The second kappa shape index (κ2) is 4.48. The number of hydrogen-bond acceptors (Lipinski definition) is 5. The molecule has 0 atom stereocenters. The Morgan fingerprint density at radius 2 is 2.22 bits per heavy atom. The zero-order valence-electron chi connectivity index (χ0n) is 9.52. The number of rotatable bonds is 3. The highest BCUT2D eigenvalue weighted by Crippen LogP contribution is 2.17. The molecular weight excluding hydrogens is 234 g/mol. The van der Waals surface area contributed by atoms with Crippen LogP contribution in [0.15, 0.2) is 41.2 Å². The van der Waals surface area contributed by atoms with Crippen molar-refractivity contribution in [3.8, 4) is 5.88 Å². The third-order valence-corrected chi connectivity index (χ3v) is 2.71. The minimum absolute atomic E-state index is 0.00762. The van der Waals surface area contributed by atoms with Crippen LogP contribution in [0.5, 0.6) is 5.88 Å². The van der Waals surface area contributed by atoms with Gasteiger partial charge in [0, 0.05) is 18.3 Å². The van der Waals surface area contributed by atoms with Crippen LogP contribution in [-0.2, 0) is 0 Å². The van der Waals surface area contributed by atoms with Gasteiger partial charge < -0.3 is 14.2 Å². The summed E-state index contributed by atoms with van der Waals surface area (Å²) in [7, 11) is 0. The van der Waals surface area contributed by atoms with Crippen LogP contribution in [0, 0.1) is 0 Å². The Bertz CT molecular complexity index is 521. The number of pyridine rings is 1. The summed E-state index contributed by atoms with van der Waals surface area (Å²) < 4.78 is 10.4. The smallest absolute Gasteiger partial charge is 0.292 e. The molecule has 0 unspecified atom stereocenters. The molecule has 1 aliphatic heterocycles. The second-order valence-corrected chi connectivity index (χ2v) is 3.99. The molecule has 18 heavy (non-hydrogen) atoms. The summed E-state index contributed by atoms with van der Waals surface area (Å²) in [5, 5.41) is 3.51. The Morgan fingerprint density at radius 1 is 1.33 bits per heavy atom.